The van der Waals surface area contributed by atoms with Crippen molar-refractivity contribution in [2.24, 2.45) is 0 Å². The first-order valence-electron chi connectivity index (χ1n) is 12.6. The lowest BCUT2D eigenvalue weighted by Gasteiger charge is -2.32. The second kappa shape index (κ2) is 12.7. The first kappa shape index (κ1) is 27.4. The SMILES string of the molecule is COc1cccc(C(C(=O)Nc2ccc(N(C)C)cc2)N(Cc2ccc(F)cc2)C(=O)Cc2ccccc2)c1. The molecular formula is C32H32FN3O3. The number of amides is 2. The molecule has 0 aliphatic rings. The van der Waals surface area contributed by atoms with Crippen LogP contribution in [-0.2, 0) is 22.6 Å². The van der Waals surface area contributed by atoms with Crippen molar-refractivity contribution in [3.05, 3.63) is 126 Å². The molecule has 0 fully saturated rings. The van der Waals surface area contributed by atoms with Crippen LogP contribution in [0.5, 0.6) is 5.75 Å². The molecule has 0 aliphatic heterocycles. The van der Waals surface area contributed by atoms with Gasteiger partial charge in [0.2, 0.25) is 5.91 Å². The zero-order valence-corrected chi connectivity index (χ0v) is 22.3. The van der Waals surface area contributed by atoms with E-state index in [1.807, 2.05) is 73.6 Å². The van der Waals surface area contributed by atoms with Crippen molar-refractivity contribution >= 4 is 23.2 Å². The van der Waals surface area contributed by atoms with Gasteiger partial charge in [0.05, 0.1) is 13.5 Å². The molecule has 4 aromatic carbocycles. The monoisotopic (exact) mass is 525 g/mol. The summed E-state index contributed by atoms with van der Waals surface area (Å²) < 4.78 is 19.1. The lowest BCUT2D eigenvalue weighted by atomic mass is 10.0. The Balaban J connectivity index is 1.74. The molecule has 2 amide bonds. The number of hydrogen-bond acceptors (Lipinski definition) is 4. The van der Waals surface area contributed by atoms with Gasteiger partial charge >= 0.3 is 0 Å². The van der Waals surface area contributed by atoms with E-state index in [4.69, 9.17) is 4.74 Å². The number of nitrogens with zero attached hydrogens (tertiary/aromatic N) is 2. The summed E-state index contributed by atoms with van der Waals surface area (Å²) in [7, 11) is 5.44. The first-order chi connectivity index (χ1) is 18.8. The van der Waals surface area contributed by atoms with Crippen LogP contribution in [-0.4, -0.2) is 37.9 Å². The number of hydrogen-bond donors (Lipinski definition) is 1. The van der Waals surface area contributed by atoms with Gasteiger partial charge in [0.15, 0.2) is 0 Å². The molecule has 4 rings (SSSR count). The molecule has 0 spiro atoms. The highest BCUT2D eigenvalue weighted by molar-refractivity contribution is 5.98. The van der Waals surface area contributed by atoms with Gasteiger partial charge in [0, 0.05) is 32.0 Å². The normalized spacial score (nSPS) is 11.4. The molecule has 7 heteroatoms. The fourth-order valence-corrected chi connectivity index (χ4v) is 4.32. The summed E-state index contributed by atoms with van der Waals surface area (Å²) in [6.07, 6.45) is 0.104. The molecule has 0 saturated carbocycles. The van der Waals surface area contributed by atoms with Crippen LogP contribution in [0, 0.1) is 5.82 Å². The topological polar surface area (TPSA) is 61.9 Å². The lowest BCUT2D eigenvalue weighted by Crippen LogP contribution is -2.41. The molecule has 200 valence electrons. The van der Waals surface area contributed by atoms with Gasteiger partial charge in [-0.05, 0) is 65.2 Å². The van der Waals surface area contributed by atoms with Crippen molar-refractivity contribution in [2.75, 3.05) is 31.4 Å². The maximum absolute atomic E-state index is 14.0. The van der Waals surface area contributed by atoms with Crippen molar-refractivity contribution in [1.82, 2.24) is 4.90 Å². The van der Waals surface area contributed by atoms with E-state index in [1.54, 1.807) is 48.4 Å². The molecule has 1 unspecified atom stereocenters. The number of anilines is 2. The zero-order chi connectivity index (χ0) is 27.8. The minimum Gasteiger partial charge on any atom is -0.497 e. The van der Waals surface area contributed by atoms with Gasteiger partial charge in [-0.3, -0.25) is 9.59 Å². The van der Waals surface area contributed by atoms with Crippen LogP contribution in [0.2, 0.25) is 0 Å². The number of carbonyl (C=O) groups is 2. The number of carbonyl (C=O) groups excluding carboxylic acids is 2. The number of rotatable bonds is 10. The molecule has 39 heavy (non-hydrogen) atoms. The Bertz CT molecular complexity index is 1390. The fraction of sp³-hybridized carbons (Fsp3) is 0.188. The van der Waals surface area contributed by atoms with Crippen LogP contribution < -0.4 is 15.0 Å². The van der Waals surface area contributed by atoms with E-state index in [9.17, 15) is 14.0 Å². The fourth-order valence-electron chi connectivity index (χ4n) is 4.32. The van der Waals surface area contributed by atoms with Gasteiger partial charge in [-0.25, -0.2) is 4.39 Å². The van der Waals surface area contributed by atoms with Gasteiger partial charge in [0.25, 0.3) is 5.91 Å². The molecule has 1 N–H and O–H groups in total. The van der Waals surface area contributed by atoms with Crippen LogP contribution in [0.15, 0.2) is 103 Å². The van der Waals surface area contributed by atoms with E-state index in [-0.39, 0.29) is 30.6 Å². The molecule has 0 bridgehead atoms. The Morgan fingerprint density at radius 1 is 0.846 bits per heavy atom. The van der Waals surface area contributed by atoms with Crippen molar-refractivity contribution < 1.29 is 18.7 Å². The van der Waals surface area contributed by atoms with E-state index in [0.29, 0.717) is 22.6 Å². The molecule has 0 saturated heterocycles. The molecule has 6 nitrogen and oxygen atoms in total. The van der Waals surface area contributed by atoms with Crippen LogP contribution in [0.4, 0.5) is 15.8 Å². The summed E-state index contributed by atoms with van der Waals surface area (Å²) in [5, 5.41) is 2.99. The number of halogens is 1. The van der Waals surface area contributed by atoms with Gasteiger partial charge in [-0.1, -0.05) is 54.6 Å². The van der Waals surface area contributed by atoms with Gasteiger partial charge in [-0.15, -0.1) is 0 Å². The summed E-state index contributed by atoms with van der Waals surface area (Å²) in [5.41, 5.74) is 3.73. The molecule has 0 heterocycles. The predicted molar refractivity (Wildman–Crippen MR) is 152 cm³/mol. The first-order valence-corrected chi connectivity index (χ1v) is 12.6. The Morgan fingerprint density at radius 2 is 1.54 bits per heavy atom. The predicted octanol–water partition coefficient (Wildman–Crippen LogP) is 5.85. The van der Waals surface area contributed by atoms with E-state index >= 15 is 0 Å². The average molecular weight is 526 g/mol. The second-order valence-electron chi connectivity index (χ2n) is 9.42. The van der Waals surface area contributed by atoms with Crippen molar-refractivity contribution in [3.63, 3.8) is 0 Å². The third kappa shape index (κ3) is 7.23. The summed E-state index contributed by atoms with van der Waals surface area (Å²) in [5.74, 6) is -0.414. The maximum atomic E-state index is 14.0. The molecule has 0 aromatic heterocycles. The third-order valence-corrected chi connectivity index (χ3v) is 6.41. The molecular weight excluding hydrogens is 493 g/mol. The van der Waals surface area contributed by atoms with Gasteiger partial charge in [-0.2, -0.15) is 0 Å². The Morgan fingerprint density at radius 3 is 2.18 bits per heavy atom. The van der Waals surface area contributed by atoms with Crippen LogP contribution >= 0.6 is 0 Å². The smallest absolute Gasteiger partial charge is 0.251 e. The molecule has 1 atom stereocenters. The standard InChI is InChI=1S/C32H32FN3O3/c1-35(2)28-18-16-27(17-19-28)34-32(38)31(25-10-7-11-29(21-25)39-3)36(22-24-12-14-26(33)15-13-24)30(37)20-23-8-5-4-6-9-23/h4-19,21,31H,20,22H2,1-3H3,(H,34,38). The summed E-state index contributed by atoms with van der Waals surface area (Å²) >= 11 is 0. The van der Waals surface area contributed by atoms with E-state index in [0.717, 1.165) is 11.3 Å². The minimum atomic E-state index is -0.977. The second-order valence-corrected chi connectivity index (χ2v) is 9.42. The molecule has 4 aromatic rings. The Labute approximate surface area is 228 Å². The molecule has 0 aliphatic carbocycles. The van der Waals surface area contributed by atoms with Crippen LogP contribution in [0.3, 0.4) is 0 Å². The highest BCUT2D eigenvalue weighted by Crippen LogP contribution is 2.29. The number of ether oxygens (including phenoxy) is 1. The largest absolute Gasteiger partial charge is 0.497 e. The third-order valence-electron chi connectivity index (χ3n) is 6.41. The summed E-state index contributed by atoms with van der Waals surface area (Å²) in [6, 6.07) is 29.0. The van der Waals surface area contributed by atoms with Crippen molar-refractivity contribution in [1.29, 1.82) is 0 Å². The van der Waals surface area contributed by atoms with Gasteiger partial charge in [0.1, 0.15) is 17.6 Å². The van der Waals surface area contributed by atoms with Crippen molar-refractivity contribution in [3.8, 4) is 5.75 Å². The van der Waals surface area contributed by atoms with E-state index in [2.05, 4.69) is 5.32 Å². The number of benzene rings is 4. The van der Waals surface area contributed by atoms with E-state index in [1.165, 1.54) is 12.1 Å². The van der Waals surface area contributed by atoms with Crippen molar-refractivity contribution in [2.45, 2.75) is 19.0 Å². The summed E-state index contributed by atoms with van der Waals surface area (Å²) in [6.45, 7) is 0.112. The van der Waals surface area contributed by atoms with E-state index < -0.39 is 6.04 Å². The van der Waals surface area contributed by atoms with Crippen LogP contribution in [0.1, 0.15) is 22.7 Å². The highest BCUT2D eigenvalue weighted by atomic mass is 19.1. The number of methoxy groups -OCH3 is 1. The molecule has 0 radical (unpaired) electrons. The Kier molecular flexibility index (Phi) is 8.94. The summed E-state index contributed by atoms with van der Waals surface area (Å²) in [4.78, 5) is 31.3. The average Bonchev–Trinajstić information content (AvgIpc) is 2.94. The quantitative estimate of drug-likeness (QED) is 0.282. The minimum absolute atomic E-state index is 0.104. The maximum Gasteiger partial charge on any atom is 0.251 e. The highest BCUT2D eigenvalue weighted by Gasteiger charge is 2.32. The number of nitrogens with one attached hydrogen (secondary N) is 1. The van der Waals surface area contributed by atoms with Gasteiger partial charge < -0.3 is 19.9 Å². The Hall–Kier alpha value is -4.65. The zero-order valence-electron chi connectivity index (χ0n) is 22.3. The van der Waals surface area contributed by atoms with Crippen LogP contribution in [0.25, 0.3) is 0 Å². The lowest BCUT2D eigenvalue weighted by molar-refractivity contribution is -0.139.